The van der Waals surface area contributed by atoms with Crippen molar-refractivity contribution in [2.45, 2.75) is 53.4 Å². The Labute approximate surface area is 224 Å². The molecule has 2 aromatic carbocycles. The van der Waals surface area contributed by atoms with Gasteiger partial charge in [-0.3, -0.25) is 0 Å². The van der Waals surface area contributed by atoms with Gasteiger partial charge in [-0.15, -0.1) is 0 Å². The van der Waals surface area contributed by atoms with Gasteiger partial charge in [0.1, 0.15) is 23.3 Å². The van der Waals surface area contributed by atoms with E-state index in [0.29, 0.717) is 29.7 Å². The summed E-state index contributed by atoms with van der Waals surface area (Å²) in [5.74, 6) is -0.362. The number of hydrogen-bond donors (Lipinski definition) is 0. The average molecular weight is 517 g/mol. The first-order valence-electron chi connectivity index (χ1n) is 13.0. The van der Waals surface area contributed by atoms with E-state index in [1.54, 1.807) is 42.5 Å². The Bertz CT molecular complexity index is 1360. The summed E-state index contributed by atoms with van der Waals surface area (Å²) in [5.41, 5.74) is 2.25. The van der Waals surface area contributed by atoms with Crippen LogP contribution < -0.4 is 19.8 Å². The SMILES string of the molecule is CCC=CCCOc1cccc2oc(=O)c(OCC=C(C)CCC=C(C)C)c(OC(=O)c3ccccc3)c12. The Morgan fingerprint density at radius 1 is 0.895 bits per heavy atom. The minimum atomic E-state index is -0.730. The molecule has 1 aromatic heterocycles. The van der Waals surface area contributed by atoms with Crippen LogP contribution in [-0.4, -0.2) is 19.2 Å². The summed E-state index contributed by atoms with van der Waals surface area (Å²) in [6.07, 6.45) is 11.7. The first-order valence-corrected chi connectivity index (χ1v) is 13.0. The molecule has 0 spiro atoms. The molecule has 0 N–H and O–H groups in total. The van der Waals surface area contributed by atoms with Crippen LogP contribution in [0.15, 0.2) is 93.2 Å². The molecule has 0 aliphatic rings. The third-order valence-electron chi connectivity index (χ3n) is 5.71. The zero-order valence-electron chi connectivity index (χ0n) is 22.6. The highest BCUT2D eigenvalue weighted by atomic mass is 16.6. The van der Waals surface area contributed by atoms with Crippen LogP contribution in [0.4, 0.5) is 0 Å². The summed E-state index contributed by atoms with van der Waals surface area (Å²) >= 11 is 0. The Morgan fingerprint density at radius 2 is 1.68 bits per heavy atom. The zero-order chi connectivity index (χ0) is 27.3. The van der Waals surface area contributed by atoms with Crippen LogP contribution in [0.5, 0.6) is 17.2 Å². The summed E-state index contributed by atoms with van der Waals surface area (Å²) < 4.78 is 23.3. The van der Waals surface area contributed by atoms with Crippen LogP contribution in [0.2, 0.25) is 0 Å². The third kappa shape index (κ3) is 8.23. The highest BCUT2D eigenvalue weighted by Gasteiger charge is 2.24. The molecule has 0 radical (unpaired) electrons. The topological polar surface area (TPSA) is 75.0 Å². The van der Waals surface area contributed by atoms with Crippen molar-refractivity contribution in [3.8, 4) is 17.2 Å². The highest BCUT2D eigenvalue weighted by molar-refractivity contribution is 5.97. The van der Waals surface area contributed by atoms with Crippen molar-refractivity contribution >= 4 is 16.9 Å². The normalized spacial score (nSPS) is 11.5. The number of fused-ring (bicyclic) bond motifs is 1. The highest BCUT2D eigenvalue weighted by Crippen LogP contribution is 2.39. The molecule has 0 fully saturated rings. The smallest absolute Gasteiger partial charge is 0.383 e. The molecule has 3 aromatic rings. The molecule has 0 atom stereocenters. The number of ether oxygens (including phenoxy) is 3. The van der Waals surface area contributed by atoms with Crippen molar-refractivity contribution < 1.29 is 23.4 Å². The second-order valence-electron chi connectivity index (χ2n) is 9.13. The van der Waals surface area contributed by atoms with Crippen molar-refractivity contribution in [1.82, 2.24) is 0 Å². The predicted octanol–water partition coefficient (Wildman–Crippen LogP) is 7.82. The van der Waals surface area contributed by atoms with E-state index in [4.69, 9.17) is 18.6 Å². The first-order chi connectivity index (χ1) is 18.4. The van der Waals surface area contributed by atoms with Crippen molar-refractivity contribution in [3.05, 3.63) is 100.0 Å². The van der Waals surface area contributed by atoms with Gasteiger partial charge in [0.25, 0.3) is 0 Å². The molecule has 0 unspecified atom stereocenters. The van der Waals surface area contributed by atoms with E-state index < -0.39 is 11.6 Å². The van der Waals surface area contributed by atoms with Crippen molar-refractivity contribution in [2.75, 3.05) is 13.2 Å². The summed E-state index contributed by atoms with van der Waals surface area (Å²) in [6, 6.07) is 13.7. The number of allylic oxidation sites excluding steroid dienone is 4. The van der Waals surface area contributed by atoms with E-state index in [9.17, 15) is 9.59 Å². The number of benzene rings is 2. The maximum Gasteiger partial charge on any atom is 0.383 e. The van der Waals surface area contributed by atoms with Gasteiger partial charge in [-0.05, 0) is 76.8 Å². The zero-order valence-corrected chi connectivity index (χ0v) is 22.6. The molecule has 6 nitrogen and oxygen atoms in total. The second kappa shape index (κ2) is 14.6. The Balaban J connectivity index is 1.97. The fourth-order valence-electron chi connectivity index (χ4n) is 3.72. The minimum Gasteiger partial charge on any atom is -0.492 e. The van der Waals surface area contributed by atoms with Crippen molar-refractivity contribution in [1.29, 1.82) is 0 Å². The van der Waals surface area contributed by atoms with Crippen LogP contribution in [0.25, 0.3) is 11.0 Å². The maximum absolute atomic E-state index is 13.0. The standard InChI is InChI=1S/C32H36O6/c1-5-6-7-11-21-35-26-18-13-19-27-28(26)29(38-31(33)25-16-9-8-10-17-25)30(32(34)37-27)36-22-20-24(4)15-12-14-23(2)3/h6-10,13-14,16-20H,5,11-12,15,21-22H2,1-4H3. The molecule has 200 valence electrons. The molecule has 0 amide bonds. The van der Waals surface area contributed by atoms with E-state index in [1.807, 2.05) is 25.1 Å². The predicted molar refractivity (Wildman–Crippen MR) is 151 cm³/mol. The molecule has 3 rings (SSSR count). The lowest BCUT2D eigenvalue weighted by atomic mass is 10.1. The van der Waals surface area contributed by atoms with Gasteiger partial charge in [0, 0.05) is 0 Å². The van der Waals surface area contributed by atoms with Gasteiger partial charge in [-0.1, -0.05) is 60.6 Å². The van der Waals surface area contributed by atoms with Crippen LogP contribution in [0.3, 0.4) is 0 Å². The lowest BCUT2D eigenvalue weighted by Crippen LogP contribution is -2.15. The van der Waals surface area contributed by atoms with Gasteiger partial charge in [0.15, 0.2) is 5.75 Å². The average Bonchev–Trinajstić information content (AvgIpc) is 2.90. The third-order valence-corrected chi connectivity index (χ3v) is 5.71. The van der Waals surface area contributed by atoms with Gasteiger partial charge in [0.05, 0.1) is 12.2 Å². The Kier molecular flexibility index (Phi) is 11.0. The summed E-state index contributed by atoms with van der Waals surface area (Å²) in [7, 11) is 0. The quantitative estimate of drug-likeness (QED) is 0.0998. The molecule has 0 bridgehead atoms. The van der Waals surface area contributed by atoms with E-state index in [2.05, 4.69) is 32.9 Å². The maximum atomic E-state index is 13.0. The molecule has 0 saturated carbocycles. The fourth-order valence-corrected chi connectivity index (χ4v) is 3.72. The largest absolute Gasteiger partial charge is 0.492 e. The molecule has 0 saturated heterocycles. The fraction of sp³-hybridized carbons (Fsp3) is 0.312. The molecule has 6 heteroatoms. The van der Waals surface area contributed by atoms with E-state index >= 15 is 0 Å². The second-order valence-corrected chi connectivity index (χ2v) is 9.13. The van der Waals surface area contributed by atoms with Gasteiger partial charge in [-0.2, -0.15) is 0 Å². The van der Waals surface area contributed by atoms with Crippen LogP contribution in [0, 0.1) is 0 Å². The molecule has 0 aliphatic heterocycles. The van der Waals surface area contributed by atoms with Crippen LogP contribution >= 0.6 is 0 Å². The molecular weight excluding hydrogens is 480 g/mol. The first kappa shape index (κ1) is 28.5. The van der Waals surface area contributed by atoms with Crippen molar-refractivity contribution in [3.63, 3.8) is 0 Å². The molecule has 1 heterocycles. The van der Waals surface area contributed by atoms with Crippen LogP contribution in [0.1, 0.15) is 63.7 Å². The van der Waals surface area contributed by atoms with Gasteiger partial charge in [0.2, 0.25) is 5.75 Å². The van der Waals surface area contributed by atoms with Crippen LogP contribution in [-0.2, 0) is 0 Å². The number of esters is 1. The number of carbonyl (C=O) groups is 1. The van der Waals surface area contributed by atoms with Gasteiger partial charge in [-0.25, -0.2) is 9.59 Å². The Morgan fingerprint density at radius 3 is 2.42 bits per heavy atom. The van der Waals surface area contributed by atoms with E-state index in [-0.39, 0.29) is 23.7 Å². The van der Waals surface area contributed by atoms with Gasteiger partial charge < -0.3 is 18.6 Å². The number of hydrogen-bond acceptors (Lipinski definition) is 6. The summed E-state index contributed by atoms with van der Waals surface area (Å²) in [6.45, 7) is 8.75. The molecular formula is C32H36O6. The summed E-state index contributed by atoms with van der Waals surface area (Å²) in [5, 5.41) is 0.370. The number of rotatable bonds is 13. The lowest BCUT2D eigenvalue weighted by Gasteiger charge is -2.15. The lowest BCUT2D eigenvalue weighted by molar-refractivity contribution is 0.0730. The monoisotopic (exact) mass is 516 g/mol. The van der Waals surface area contributed by atoms with E-state index in [1.165, 1.54) is 5.57 Å². The molecule has 38 heavy (non-hydrogen) atoms. The molecule has 0 aliphatic carbocycles. The Hall–Kier alpha value is -4.06. The minimum absolute atomic E-state index is 0.0135. The van der Waals surface area contributed by atoms with Gasteiger partial charge >= 0.3 is 11.6 Å². The van der Waals surface area contributed by atoms with E-state index in [0.717, 1.165) is 24.8 Å². The number of carbonyl (C=O) groups excluding carboxylic acids is 1. The van der Waals surface area contributed by atoms with Crippen molar-refractivity contribution in [2.24, 2.45) is 0 Å². The summed E-state index contributed by atoms with van der Waals surface area (Å²) in [4.78, 5) is 26.0.